The first-order valence-corrected chi connectivity index (χ1v) is 12.2. The third kappa shape index (κ3) is 4.83. The van der Waals surface area contributed by atoms with E-state index in [1.807, 2.05) is 33.8 Å². The summed E-state index contributed by atoms with van der Waals surface area (Å²) < 4.78 is 7.32. The van der Waals surface area contributed by atoms with E-state index in [4.69, 9.17) is 10.5 Å². The molecule has 4 aliphatic carbocycles. The Morgan fingerprint density at radius 3 is 2.44 bits per heavy atom. The van der Waals surface area contributed by atoms with Gasteiger partial charge in [-0.2, -0.15) is 5.10 Å². The number of aromatic nitrogens is 2. The van der Waals surface area contributed by atoms with Gasteiger partial charge in [0.2, 0.25) is 5.91 Å². The van der Waals surface area contributed by atoms with Crippen molar-refractivity contribution in [3.63, 3.8) is 0 Å². The molecule has 2 unspecified atom stereocenters. The maximum Gasteiger partial charge on any atom is 0.405 e. The topological polar surface area (TPSA) is 128 Å². The summed E-state index contributed by atoms with van der Waals surface area (Å²) in [4.78, 5) is 36.4. The number of carbonyl (C=O) groups is 3. The van der Waals surface area contributed by atoms with Gasteiger partial charge in [-0.15, -0.1) is 0 Å². The minimum Gasteiger partial charge on any atom is -0.443 e. The van der Waals surface area contributed by atoms with Gasteiger partial charge in [0, 0.05) is 19.2 Å². The van der Waals surface area contributed by atoms with E-state index in [-0.39, 0.29) is 35.6 Å². The van der Waals surface area contributed by atoms with Crippen molar-refractivity contribution in [3.8, 4) is 0 Å². The molecule has 0 spiro atoms. The summed E-state index contributed by atoms with van der Waals surface area (Å²) in [6, 6.07) is 0.0613. The van der Waals surface area contributed by atoms with E-state index in [0.29, 0.717) is 11.5 Å². The van der Waals surface area contributed by atoms with Crippen molar-refractivity contribution >= 4 is 24.1 Å². The number of nitrogens with two attached hydrogens (primary N) is 1. The maximum absolute atomic E-state index is 13.4. The van der Waals surface area contributed by atoms with Crippen LogP contribution >= 0.6 is 0 Å². The summed E-state index contributed by atoms with van der Waals surface area (Å²) in [5, 5.41) is 10.6. The molecule has 0 aromatic carbocycles. The van der Waals surface area contributed by atoms with Gasteiger partial charge in [-0.05, 0) is 75.7 Å². The summed E-state index contributed by atoms with van der Waals surface area (Å²) in [7, 11) is 0. The number of ether oxygens (including phenoxy) is 1. The lowest BCUT2D eigenvalue weighted by molar-refractivity contribution is -0.137. The van der Waals surface area contributed by atoms with E-state index in [1.165, 1.54) is 6.92 Å². The van der Waals surface area contributed by atoms with E-state index < -0.39 is 17.2 Å². The van der Waals surface area contributed by atoms with Crippen molar-refractivity contribution < 1.29 is 19.1 Å². The highest BCUT2D eigenvalue weighted by Gasteiger charge is 2.57. The second kappa shape index (κ2) is 8.74. The first-order chi connectivity index (χ1) is 15.9. The molecular weight excluding hydrogens is 434 g/mol. The molecule has 9 nitrogen and oxygen atoms in total. The quantitative estimate of drug-likeness (QED) is 0.563. The van der Waals surface area contributed by atoms with Gasteiger partial charge < -0.3 is 21.1 Å². The first-order valence-electron chi connectivity index (χ1n) is 12.2. The van der Waals surface area contributed by atoms with Gasteiger partial charge in [-0.3, -0.25) is 9.59 Å². The normalized spacial score (nSPS) is 30.1. The standard InChI is InChI=1S/C25H37N5O4/c1-14(2)21-19(13-27-30(21)7-6-24(4,5)29-15(3)31)22(32)28-20-17-8-16-9-18(20)12-25(10-16,11-17)34-23(26)33/h6-7,13-14,16-18,20H,8-12H2,1-5H3,(H2,26,33)(H,28,32)(H,29,31)/b7-6+. The monoisotopic (exact) mass is 471 g/mol. The number of hydrogen-bond donors (Lipinski definition) is 3. The van der Waals surface area contributed by atoms with Crippen LogP contribution in [0.15, 0.2) is 12.3 Å². The molecule has 1 aromatic rings. The molecule has 4 N–H and O–H groups in total. The van der Waals surface area contributed by atoms with Crippen LogP contribution in [0, 0.1) is 17.8 Å². The fourth-order valence-electron chi connectivity index (χ4n) is 6.75. The Morgan fingerprint density at radius 2 is 1.88 bits per heavy atom. The molecule has 0 radical (unpaired) electrons. The van der Waals surface area contributed by atoms with Crippen LogP contribution in [-0.4, -0.2) is 44.9 Å². The zero-order chi connectivity index (χ0) is 24.8. The molecule has 9 heteroatoms. The number of nitrogens with one attached hydrogen (secondary N) is 2. The number of hydrogen-bond acceptors (Lipinski definition) is 5. The van der Waals surface area contributed by atoms with Gasteiger partial charge in [0.05, 0.1) is 23.0 Å². The minimum atomic E-state index is -0.703. The zero-order valence-electron chi connectivity index (χ0n) is 20.8. The molecule has 5 rings (SSSR count). The molecule has 2 atom stereocenters. The molecule has 3 amide bonds. The molecule has 4 fully saturated rings. The van der Waals surface area contributed by atoms with Crippen molar-refractivity contribution in [1.82, 2.24) is 20.4 Å². The summed E-state index contributed by atoms with van der Waals surface area (Å²) >= 11 is 0. The first kappa shape index (κ1) is 24.3. The van der Waals surface area contributed by atoms with Crippen molar-refractivity contribution in [1.29, 1.82) is 0 Å². The number of primary amides is 1. The average molecular weight is 472 g/mol. The minimum absolute atomic E-state index is 0.0613. The third-order valence-corrected chi connectivity index (χ3v) is 7.59. The number of amides is 3. The van der Waals surface area contributed by atoms with Gasteiger partial charge in [0.25, 0.3) is 5.91 Å². The van der Waals surface area contributed by atoms with Crippen molar-refractivity contribution in [2.45, 2.75) is 89.8 Å². The van der Waals surface area contributed by atoms with Gasteiger partial charge in [-0.1, -0.05) is 13.8 Å². The Morgan fingerprint density at radius 1 is 1.24 bits per heavy atom. The predicted molar refractivity (Wildman–Crippen MR) is 128 cm³/mol. The van der Waals surface area contributed by atoms with Crippen LogP contribution in [0.5, 0.6) is 0 Å². The van der Waals surface area contributed by atoms with Crippen LogP contribution in [0.2, 0.25) is 0 Å². The molecule has 0 saturated heterocycles. The SMILES string of the molecule is CC(=O)NC(C)(C)/C=C/n1ncc(C(=O)NC2C3CC4CC2CC(OC(N)=O)(C4)C3)c1C(C)C. The highest BCUT2D eigenvalue weighted by Crippen LogP contribution is 2.57. The van der Waals surface area contributed by atoms with E-state index >= 15 is 0 Å². The van der Waals surface area contributed by atoms with Crippen LogP contribution in [-0.2, 0) is 9.53 Å². The van der Waals surface area contributed by atoms with Gasteiger partial charge in [0.15, 0.2) is 0 Å². The lowest BCUT2D eigenvalue weighted by Gasteiger charge is -2.58. The second-order valence-corrected chi connectivity index (χ2v) is 11.3. The lowest BCUT2D eigenvalue weighted by Crippen LogP contribution is -2.63. The molecule has 1 aromatic heterocycles. The molecule has 186 valence electrons. The molecule has 0 aliphatic heterocycles. The van der Waals surface area contributed by atoms with E-state index in [0.717, 1.165) is 37.8 Å². The molecule has 4 aliphatic rings. The summed E-state index contributed by atoms with van der Waals surface area (Å²) in [6.07, 6.45) is 9.07. The van der Waals surface area contributed by atoms with Crippen LogP contribution in [0.3, 0.4) is 0 Å². The van der Waals surface area contributed by atoms with Crippen molar-refractivity contribution in [2.75, 3.05) is 0 Å². The van der Waals surface area contributed by atoms with E-state index in [2.05, 4.69) is 15.7 Å². The predicted octanol–water partition coefficient (Wildman–Crippen LogP) is 3.16. The smallest absolute Gasteiger partial charge is 0.405 e. The third-order valence-electron chi connectivity index (χ3n) is 7.59. The Hall–Kier alpha value is -2.84. The Labute approximate surface area is 200 Å². The lowest BCUT2D eigenvalue weighted by atomic mass is 9.52. The largest absolute Gasteiger partial charge is 0.443 e. The molecule has 4 bridgehead atoms. The van der Waals surface area contributed by atoms with Gasteiger partial charge in [0.1, 0.15) is 5.60 Å². The van der Waals surface area contributed by atoms with Gasteiger partial charge in [-0.25, -0.2) is 9.48 Å². The average Bonchev–Trinajstić information content (AvgIpc) is 3.11. The second-order valence-electron chi connectivity index (χ2n) is 11.3. The Kier molecular flexibility index (Phi) is 6.25. The zero-order valence-corrected chi connectivity index (χ0v) is 20.8. The highest BCUT2D eigenvalue weighted by molar-refractivity contribution is 5.95. The van der Waals surface area contributed by atoms with Crippen LogP contribution < -0.4 is 16.4 Å². The molecule has 34 heavy (non-hydrogen) atoms. The number of carbonyl (C=O) groups excluding carboxylic acids is 3. The van der Waals surface area contributed by atoms with Crippen LogP contribution in [0.4, 0.5) is 4.79 Å². The van der Waals surface area contributed by atoms with Crippen molar-refractivity contribution in [2.24, 2.45) is 23.5 Å². The molecule has 1 heterocycles. The summed E-state index contributed by atoms with van der Waals surface area (Å²) in [5.41, 5.74) is 5.75. The molecular formula is C25H37N5O4. The molecule has 4 saturated carbocycles. The van der Waals surface area contributed by atoms with Crippen LogP contribution in [0.1, 0.15) is 88.7 Å². The fourth-order valence-corrected chi connectivity index (χ4v) is 6.75. The maximum atomic E-state index is 13.4. The Bertz CT molecular complexity index is 995. The van der Waals surface area contributed by atoms with E-state index in [1.54, 1.807) is 17.1 Å². The number of nitrogens with zero attached hydrogens (tertiary/aromatic N) is 2. The number of rotatable bonds is 7. The highest BCUT2D eigenvalue weighted by atomic mass is 16.6. The fraction of sp³-hybridized carbons (Fsp3) is 0.680. The summed E-state index contributed by atoms with van der Waals surface area (Å²) in [6.45, 7) is 9.35. The van der Waals surface area contributed by atoms with Gasteiger partial charge >= 0.3 is 6.09 Å². The summed E-state index contributed by atoms with van der Waals surface area (Å²) in [5.74, 6) is 0.930. The Balaban J connectivity index is 1.51. The van der Waals surface area contributed by atoms with Crippen LogP contribution in [0.25, 0.3) is 6.20 Å². The van der Waals surface area contributed by atoms with Crippen molar-refractivity contribution in [3.05, 3.63) is 23.5 Å². The van der Waals surface area contributed by atoms with E-state index in [9.17, 15) is 14.4 Å².